The molecule has 0 aromatic heterocycles. The van der Waals surface area contributed by atoms with E-state index in [9.17, 15) is 4.79 Å². The SMILES string of the molecule is O=C1NCC(CN2CC(CO)C2)O1. The van der Waals surface area contributed by atoms with Crippen LogP contribution in [0.15, 0.2) is 0 Å². The normalized spacial score (nSPS) is 29.6. The maximum atomic E-state index is 10.7. The predicted molar refractivity (Wildman–Crippen MR) is 45.3 cm³/mol. The molecule has 0 saturated carbocycles. The summed E-state index contributed by atoms with van der Waals surface area (Å²) in [5.74, 6) is 0.421. The lowest BCUT2D eigenvalue weighted by Gasteiger charge is -2.38. The Morgan fingerprint density at radius 3 is 2.92 bits per heavy atom. The molecule has 2 N–H and O–H groups in total. The Hall–Kier alpha value is -0.810. The van der Waals surface area contributed by atoms with Crippen LogP contribution in [0.4, 0.5) is 4.79 Å². The van der Waals surface area contributed by atoms with E-state index < -0.39 is 0 Å². The van der Waals surface area contributed by atoms with Crippen LogP contribution in [0.1, 0.15) is 0 Å². The zero-order chi connectivity index (χ0) is 9.26. The van der Waals surface area contributed by atoms with Crippen LogP contribution >= 0.6 is 0 Å². The van der Waals surface area contributed by atoms with Gasteiger partial charge in [0.05, 0.1) is 6.54 Å². The second-order valence-corrected chi connectivity index (χ2v) is 3.68. The lowest BCUT2D eigenvalue weighted by Crippen LogP contribution is -2.51. The van der Waals surface area contributed by atoms with Crippen LogP contribution in [0.5, 0.6) is 0 Å². The number of alkyl carbamates (subject to hydrolysis) is 1. The second-order valence-electron chi connectivity index (χ2n) is 3.68. The summed E-state index contributed by atoms with van der Waals surface area (Å²) in [6.07, 6.45) is -0.323. The minimum Gasteiger partial charge on any atom is -0.443 e. The third-order valence-corrected chi connectivity index (χ3v) is 2.50. The number of carbonyl (C=O) groups is 1. The first-order chi connectivity index (χ1) is 6.28. The first-order valence-electron chi connectivity index (χ1n) is 4.55. The van der Waals surface area contributed by atoms with Gasteiger partial charge in [-0.05, 0) is 0 Å². The molecule has 2 aliphatic rings. The fraction of sp³-hybridized carbons (Fsp3) is 0.875. The highest BCUT2D eigenvalue weighted by atomic mass is 16.6. The van der Waals surface area contributed by atoms with Crippen LogP contribution in [-0.2, 0) is 4.74 Å². The van der Waals surface area contributed by atoms with E-state index in [-0.39, 0.29) is 18.8 Å². The molecule has 1 unspecified atom stereocenters. The van der Waals surface area contributed by atoms with E-state index in [0.29, 0.717) is 12.5 Å². The fourth-order valence-electron chi connectivity index (χ4n) is 1.76. The monoisotopic (exact) mass is 186 g/mol. The van der Waals surface area contributed by atoms with Crippen LogP contribution in [0, 0.1) is 5.92 Å². The molecule has 0 aliphatic carbocycles. The van der Waals surface area contributed by atoms with E-state index in [0.717, 1.165) is 19.6 Å². The van der Waals surface area contributed by atoms with Crippen LogP contribution < -0.4 is 5.32 Å². The minimum atomic E-state index is -0.316. The van der Waals surface area contributed by atoms with Gasteiger partial charge in [-0.1, -0.05) is 0 Å². The topological polar surface area (TPSA) is 61.8 Å². The Labute approximate surface area is 76.7 Å². The number of aliphatic hydroxyl groups is 1. The van der Waals surface area contributed by atoms with Crippen molar-refractivity contribution in [3.8, 4) is 0 Å². The van der Waals surface area contributed by atoms with Gasteiger partial charge in [0.15, 0.2) is 0 Å². The van der Waals surface area contributed by atoms with Crippen LogP contribution in [0.2, 0.25) is 0 Å². The van der Waals surface area contributed by atoms with Gasteiger partial charge in [-0.3, -0.25) is 4.90 Å². The Morgan fingerprint density at radius 2 is 2.38 bits per heavy atom. The number of aliphatic hydroxyl groups excluding tert-OH is 1. The molecule has 1 atom stereocenters. The molecule has 2 heterocycles. The van der Waals surface area contributed by atoms with Crippen molar-refractivity contribution in [3.63, 3.8) is 0 Å². The molecule has 5 nitrogen and oxygen atoms in total. The molecule has 2 fully saturated rings. The quantitative estimate of drug-likeness (QED) is 0.594. The van der Waals surface area contributed by atoms with Crippen LogP contribution in [0.3, 0.4) is 0 Å². The fourth-order valence-corrected chi connectivity index (χ4v) is 1.76. The summed E-state index contributed by atoms with van der Waals surface area (Å²) in [6, 6.07) is 0. The van der Waals surface area contributed by atoms with E-state index >= 15 is 0 Å². The first kappa shape index (κ1) is 8.77. The van der Waals surface area contributed by atoms with E-state index in [1.165, 1.54) is 0 Å². The number of ether oxygens (including phenoxy) is 1. The third kappa shape index (κ3) is 1.92. The summed E-state index contributed by atoms with van der Waals surface area (Å²) >= 11 is 0. The van der Waals surface area contributed by atoms with Gasteiger partial charge in [0.2, 0.25) is 0 Å². The third-order valence-electron chi connectivity index (χ3n) is 2.50. The van der Waals surface area contributed by atoms with E-state index in [4.69, 9.17) is 9.84 Å². The second kappa shape index (κ2) is 3.51. The number of hydrogen-bond acceptors (Lipinski definition) is 4. The number of amides is 1. The Balaban J connectivity index is 1.66. The molecule has 2 rings (SSSR count). The molecule has 1 amide bonds. The molecule has 13 heavy (non-hydrogen) atoms. The smallest absolute Gasteiger partial charge is 0.407 e. The average Bonchev–Trinajstić information content (AvgIpc) is 2.43. The molecule has 0 aromatic carbocycles. The molecule has 0 spiro atoms. The minimum absolute atomic E-state index is 0.00728. The van der Waals surface area contributed by atoms with Gasteiger partial charge in [-0.15, -0.1) is 0 Å². The maximum Gasteiger partial charge on any atom is 0.407 e. The van der Waals surface area contributed by atoms with Crippen molar-refractivity contribution in [1.29, 1.82) is 0 Å². The summed E-state index contributed by atoms with van der Waals surface area (Å²) in [4.78, 5) is 12.9. The summed E-state index contributed by atoms with van der Waals surface area (Å²) < 4.78 is 4.98. The highest BCUT2D eigenvalue weighted by molar-refractivity contribution is 5.69. The van der Waals surface area contributed by atoms with Gasteiger partial charge in [0.1, 0.15) is 6.10 Å². The van der Waals surface area contributed by atoms with Crippen molar-refractivity contribution < 1.29 is 14.6 Å². The predicted octanol–water partition coefficient (Wildman–Crippen LogP) is -0.981. The number of nitrogens with one attached hydrogen (secondary N) is 1. The van der Waals surface area contributed by atoms with Gasteiger partial charge in [0, 0.05) is 32.2 Å². The van der Waals surface area contributed by atoms with Gasteiger partial charge in [-0.25, -0.2) is 4.79 Å². The van der Waals surface area contributed by atoms with Crippen molar-refractivity contribution in [2.45, 2.75) is 6.10 Å². The first-order valence-corrected chi connectivity index (χ1v) is 4.55. The zero-order valence-electron chi connectivity index (χ0n) is 7.40. The molecular formula is C8H14N2O3. The highest BCUT2D eigenvalue weighted by Crippen LogP contribution is 2.16. The van der Waals surface area contributed by atoms with E-state index in [1.807, 2.05) is 0 Å². The Bertz CT molecular complexity index is 204. The van der Waals surface area contributed by atoms with Crippen molar-refractivity contribution in [2.24, 2.45) is 5.92 Å². The van der Waals surface area contributed by atoms with E-state index in [2.05, 4.69) is 10.2 Å². The molecule has 5 heteroatoms. The molecule has 2 saturated heterocycles. The van der Waals surface area contributed by atoms with Gasteiger partial charge in [0.25, 0.3) is 0 Å². The summed E-state index contributed by atoms with van der Waals surface area (Å²) in [7, 11) is 0. The standard InChI is InChI=1S/C8H14N2O3/c11-5-6-2-10(3-6)4-7-1-9-8(12)13-7/h6-7,11H,1-5H2,(H,9,12). The molecule has 2 aliphatic heterocycles. The molecule has 0 bridgehead atoms. The summed E-state index contributed by atoms with van der Waals surface area (Å²) in [6.45, 7) is 3.50. The van der Waals surface area contributed by atoms with Crippen LogP contribution in [0.25, 0.3) is 0 Å². The molecule has 74 valence electrons. The van der Waals surface area contributed by atoms with Crippen molar-refractivity contribution in [1.82, 2.24) is 10.2 Å². The van der Waals surface area contributed by atoms with Crippen molar-refractivity contribution in [2.75, 3.05) is 32.8 Å². The van der Waals surface area contributed by atoms with Gasteiger partial charge in [-0.2, -0.15) is 0 Å². The number of likely N-dealkylation sites (tertiary alicyclic amines) is 1. The maximum absolute atomic E-state index is 10.7. The van der Waals surface area contributed by atoms with Crippen molar-refractivity contribution in [3.05, 3.63) is 0 Å². The van der Waals surface area contributed by atoms with E-state index in [1.54, 1.807) is 0 Å². The van der Waals surface area contributed by atoms with Gasteiger partial charge < -0.3 is 15.2 Å². The average molecular weight is 186 g/mol. The Kier molecular flexibility index (Phi) is 2.37. The van der Waals surface area contributed by atoms with Crippen LogP contribution in [-0.4, -0.2) is 55.0 Å². The largest absolute Gasteiger partial charge is 0.443 e. The number of carbonyl (C=O) groups excluding carboxylic acids is 1. The highest BCUT2D eigenvalue weighted by Gasteiger charge is 2.31. The number of nitrogens with zero attached hydrogens (tertiary/aromatic N) is 1. The summed E-state index contributed by atoms with van der Waals surface area (Å²) in [5.41, 5.74) is 0. The Morgan fingerprint density at radius 1 is 1.62 bits per heavy atom. The lowest BCUT2D eigenvalue weighted by atomic mass is 10.0. The number of hydrogen-bond donors (Lipinski definition) is 2. The number of cyclic esters (lactones) is 1. The van der Waals surface area contributed by atoms with Crippen molar-refractivity contribution >= 4 is 6.09 Å². The molecule has 0 radical (unpaired) electrons. The van der Waals surface area contributed by atoms with Gasteiger partial charge >= 0.3 is 6.09 Å². The zero-order valence-corrected chi connectivity index (χ0v) is 7.40. The number of rotatable bonds is 3. The lowest BCUT2D eigenvalue weighted by molar-refractivity contribution is 0.0219. The molecular weight excluding hydrogens is 172 g/mol. The molecule has 0 aromatic rings. The summed E-state index contributed by atoms with van der Waals surface area (Å²) in [5, 5.41) is 11.4.